The van der Waals surface area contributed by atoms with Gasteiger partial charge < -0.3 is 15.0 Å². The number of ether oxygens (including phenoxy) is 1. The molecule has 8 heteroatoms. The first-order valence-corrected chi connectivity index (χ1v) is 8.86. The molecular weight excluding hydrogens is 380 g/mol. The second-order valence-electron chi connectivity index (χ2n) is 6.15. The largest absolute Gasteiger partial charge is 0.452 e. The SMILES string of the molecule is CN(C)c1ccc(NC(=O)COC(=O)/C=C/c2c(Cl)nc3ccccn23)cc1. The quantitative estimate of drug-likeness (QED) is 0.509. The maximum atomic E-state index is 11.9. The normalized spacial score (nSPS) is 11.0. The first-order valence-electron chi connectivity index (χ1n) is 8.48. The number of hydrogen-bond acceptors (Lipinski definition) is 5. The van der Waals surface area contributed by atoms with Gasteiger partial charge in [0.15, 0.2) is 11.8 Å². The van der Waals surface area contributed by atoms with E-state index in [0.29, 0.717) is 17.0 Å². The van der Waals surface area contributed by atoms with E-state index in [1.165, 1.54) is 12.2 Å². The number of nitrogens with one attached hydrogen (secondary N) is 1. The Morgan fingerprint density at radius 1 is 1.21 bits per heavy atom. The smallest absolute Gasteiger partial charge is 0.331 e. The van der Waals surface area contributed by atoms with E-state index in [2.05, 4.69) is 10.3 Å². The Kier molecular flexibility index (Phi) is 5.96. The Morgan fingerprint density at radius 3 is 2.68 bits per heavy atom. The number of amides is 1. The number of halogens is 1. The fourth-order valence-electron chi connectivity index (χ4n) is 2.51. The van der Waals surface area contributed by atoms with Crippen molar-refractivity contribution < 1.29 is 14.3 Å². The fourth-order valence-corrected chi connectivity index (χ4v) is 2.75. The molecule has 144 valence electrons. The molecule has 2 aromatic heterocycles. The molecule has 1 N–H and O–H groups in total. The lowest BCUT2D eigenvalue weighted by atomic mass is 10.2. The minimum absolute atomic E-state index is 0.272. The van der Waals surface area contributed by atoms with Crippen molar-refractivity contribution in [3.63, 3.8) is 0 Å². The number of hydrogen-bond donors (Lipinski definition) is 1. The Balaban J connectivity index is 1.54. The molecule has 0 bridgehead atoms. The molecule has 0 aliphatic heterocycles. The van der Waals surface area contributed by atoms with Gasteiger partial charge in [-0.1, -0.05) is 17.7 Å². The highest BCUT2D eigenvalue weighted by Gasteiger charge is 2.09. The van der Waals surface area contributed by atoms with E-state index in [4.69, 9.17) is 16.3 Å². The molecule has 2 heterocycles. The summed E-state index contributed by atoms with van der Waals surface area (Å²) in [6.07, 6.45) is 4.50. The highest BCUT2D eigenvalue weighted by molar-refractivity contribution is 6.31. The number of anilines is 2. The number of fused-ring (bicyclic) bond motifs is 1. The van der Waals surface area contributed by atoms with Crippen molar-refractivity contribution >= 4 is 46.6 Å². The van der Waals surface area contributed by atoms with Gasteiger partial charge in [-0.25, -0.2) is 9.78 Å². The predicted octanol–water partition coefficient (Wildman–Crippen LogP) is 3.25. The van der Waals surface area contributed by atoms with Gasteiger partial charge in [0.25, 0.3) is 5.91 Å². The van der Waals surface area contributed by atoms with Crippen molar-refractivity contribution in [2.24, 2.45) is 0 Å². The Morgan fingerprint density at radius 2 is 1.96 bits per heavy atom. The van der Waals surface area contributed by atoms with Crippen LogP contribution in [-0.4, -0.2) is 42.0 Å². The van der Waals surface area contributed by atoms with E-state index < -0.39 is 11.9 Å². The lowest BCUT2D eigenvalue weighted by Gasteiger charge is -2.13. The van der Waals surface area contributed by atoms with Crippen LogP contribution in [0, 0.1) is 0 Å². The van der Waals surface area contributed by atoms with E-state index in [1.807, 2.05) is 43.3 Å². The number of rotatable bonds is 6. The number of carbonyl (C=O) groups is 2. The number of imidazole rings is 1. The summed E-state index contributed by atoms with van der Waals surface area (Å²) in [6, 6.07) is 12.8. The van der Waals surface area contributed by atoms with Crippen LogP contribution in [0.5, 0.6) is 0 Å². The number of esters is 1. The summed E-state index contributed by atoms with van der Waals surface area (Å²) in [5.41, 5.74) is 2.86. The second kappa shape index (κ2) is 8.58. The zero-order valence-corrected chi connectivity index (χ0v) is 16.2. The van der Waals surface area contributed by atoms with Gasteiger partial charge in [-0.15, -0.1) is 0 Å². The Labute approximate surface area is 167 Å². The van der Waals surface area contributed by atoms with Crippen molar-refractivity contribution in [1.29, 1.82) is 0 Å². The molecule has 0 fully saturated rings. The maximum Gasteiger partial charge on any atom is 0.331 e. The monoisotopic (exact) mass is 398 g/mol. The molecule has 3 rings (SSSR count). The summed E-state index contributed by atoms with van der Waals surface area (Å²) in [7, 11) is 3.86. The molecule has 0 radical (unpaired) electrons. The molecule has 0 spiro atoms. The minimum atomic E-state index is -0.653. The first kappa shape index (κ1) is 19.4. The molecule has 1 amide bonds. The van der Waals surface area contributed by atoms with Gasteiger partial charge >= 0.3 is 5.97 Å². The topological polar surface area (TPSA) is 75.9 Å². The van der Waals surface area contributed by atoms with Crippen LogP contribution in [0.3, 0.4) is 0 Å². The van der Waals surface area contributed by atoms with Crippen molar-refractivity contribution in [3.05, 3.63) is 65.6 Å². The van der Waals surface area contributed by atoms with Crippen LogP contribution in [0.15, 0.2) is 54.7 Å². The van der Waals surface area contributed by atoms with Crippen LogP contribution in [0.2, 0.25) is 5.15 Å². The van der Waals surface area contributed by atoms with Gasteiger partial charge in [0.2, 0.25) is 0 Å². The molecular formula is C20H19ClN4O3. The van der Waals surface area contributed by atoms with Crippen molar-refractivity contribution in [2.45, 2.75) is 0 Å². The number of aromatic nitrogens is 2. The number of carbonyl (C=O) groups excluding carboxylic acids is 2. The van der Waals surface area contributed by atoms with Crippen molar-refractivity contribution in [2.75, 3.05) is 30.9 Å². The van der Waals surface area contributed by atoms with Crippen molar-refractivity contribution in [1.82, 2.24) is 9.38 Å². The summed E-state index contributed by atoms with van der Waals surface area (Å²) >= 11 is 6.10. The first-order chi connectivity index (χ1) is 13.4. The summed E-state index contributed by atoms with van der Waals surface area (Å²) in [6.45, 7) is -0.389. The van der Waals surface area contributed by atoms with Gasteiger partial charge in [-0.05, 0) is 42.5 Å². The molecule has 0 saturated heterocycles. The molecule has 7 nitrogen and oxygen atoms in total. The average molecular weight is 399 g/mol. The fraction of sp³-hybridized carbons (Fsp3) is 0.150. The van der Waals surface area contributed by atoms with E-state index >= 15 is 0 Å². The highest BCUT2D eigenvalue weighted by atomic mass is 35.5. The van der Waals surface area contributed by atoms with E-state index in [9.17, 15) is 9.59 Å². The molecule has 28 heavy (non-hydrogen) atoms. The molecule has 0 saturated carbocycles. The van der Waals surface area contributed by atoms with E-state index in [0.717, 1.165) is 5.69 Å². The molecule has 3 aromatic rings. The predicted molar refractivity (Wildman–Crippen MR) is 110 cm³/mol. The van der Waals surface area contributed by atoms with Gasteiger partial charge in [-0.3, -0.25) is 9.20 Å². The average Bonchev–Trinajstić information content (AvgIpc) is 3.00. The zero-order chi connectivity index (χ0) is 20.1. The maximum absolute atomic E-state index is 11.9. The lowest BCUT2D eigenvalue weighted by molar-refractivity contribution is -0.142. The molecule has 1 aromatic carbocycles. The Hall–Kier alpha value is -3.32. The van der Waals surface area contributed by atoms with Crippen LogP contribution < -0.4 is 10.2 Å². The van der Waals surface area contributed by atoms with Gasteiger partial charge in [0, 0.05) is 37.7 Å². The van der Waals surface area contributed by atoms with Gasteiger partial charge in [-0.2, -0.15) is 0 Å². The lowest BCUT2D eigenvalue weighted by Crippen LogP contribution is -2.20. The standard InChI is InChI=1S/C20H19ClN4O3/c1-24(2)15-8-6-14(7-9-15)22-18(26)13-28-19(27)11-10-16-20(21)23-17-5-3-4-12-25(16)17/h3-12H,13H2,1-2H3,(H,22,26)/b11-10+. The van der Waals surface area contributed by atoms with Crippen LogP contribution in [-0.2, 0) is 14.3 Å². The summed E-state index contributed by atoms with van der Waals surface area (Å²) in [4.78, 5) is 30.0. The highest BCUT2D eigenvalue weighted by Crippen LogP contribution is 2.19. The molecule has 0 aliphatic carbocycles. The van der Waals surface area contributed by atoms with E-state index in [1.54, 1.807) is 28.8 Å². The zero-order valence-electron chi connectivity index (χ0n) is 15.4. The molecule has 0 aliphatic rings. The third-order valence-corrected chi connectivity index (χ3v) is 4.19. The minimum Gasteiger partial charge on any atom is -0.452 e. The number of pyridine rings is 1. The third-order valence-electron chi connectivity index (χ3n) is 3.91. The van der Waals surface area contributed by atoms with E-state index in [-0.39, 0.29) is 11.8 Å². The number of nitrogens with zero attached hydrogens (tertiary/aromatic N) is 3. The van der Waals surface area contributed by atoms with Crippen LogP contribution in [0.4, 0.5) is 11.4 Å². The molecule has 0 atom stereocenters. The third kappa shape index (κ3) is 4.69. The van der Waals surface area contributed by atoms with Gasteiger partial charge in [0.05, 0.1) is 5.69 Å². The van der Waals surface area contributed by atoms with Crippen LogP contribution in [0.25, 0.3) is 11.7 Å². The van der Waals surface area contributed by atoms with Crippen LogP contribution in [0.1, 0.15) is 5.69 Å². The summed E-state index contributed by atoms with van der Waals surface area (Å²) in [5, 5.41) is 2.94. The van der Waals surface area contributed by atoms with Crippen LogP contribution >= 0.6 is 11.6 Å². The summed E-state index contributed by atoms with van der Waals surface area (Å²) in [5.74, 6) is -1.08. The Bertz CT molecular complexity index is 1030. The summed E-state index contributed by atoms with van der Waals surface area (Å²) < 4.78 is 6.72. The number of benzene rings is 1. The molecule has 0 unspecified atom stereocenters. The second-order valence-corrected chi connectivity index (χ2v) is 6.51. The van der Waals surface area contributed by atoms with Crippen molar-refractivity contribution in [3.8, 4) is 0 Å². The van der Waals surface area contributed by atoms with Gasteiger partial charge in [0.1, 0.15) is 5.65 Å².